The molecule has 280 valence electrons. The van der Waals surface area contributed by atoms with Gasteiger partial charge in [-0.1, -0.05) is 0 Å². The second-order valence-corrected chi connectivity index (χ2v) is 15.4. The molecular formula is C24H35N4O19P3. The van der Waals surface area contributed by atoms with E-state index >= 15 is 0 Å². The molecule has 2 unspecified atom stereocenters. The standard InChI is InChI=1S/C24H35N4O19P3/c1-10-7-28(24(34)27-22(10)33)17-4-15(29)16(45-17)9-43-49(38,39)47-50(40,41)46-23-21(32)20(31)18(12(3)44-23)26-6-14-13(8-42-48(35,36)37)5-25-11(2)19(14)30/h5-7,12,15-18,20-21,23,29-32H,4,8-9H2,1-3H3,(H,38,39)(H,40,41)(H,27,33,34)(H2,35,36,37)/t12-,15+,16-,17-,18-,20+,21-,23-/m1/s1. The summed E-state index contributed by atoms with van der Waals surface area (Å²) < 4.78 is 66.2. The molecule has 0 amide bonds. The Morgan fingerprint density at radius 2 is 1.74 bits per heavy atom. The number of hydrogen-bond acceptors (Lipinski definition) is 17. The second-order valence-electron chi connectivity index (χ2n) is 11.2. The van der Waals surface area contributed by atoms with Crippen LogP contribution in [0.25, 0.3) is 0 Å². The Bertz CT molecular complexity index is 1850. The fraction of sp³-hybridized carbons (Fsp3) is 0.583. The lowest BCUT2D eigenvalue weighted by atomic mass is 9.97. The molecule has 4 heterocycles. The molecule has 0 spiro atoms. The van der Waals surface area contributed by atoms with Crippen molar-refractivity contribution in [3.63, 3.8) is 0 Å². The molecule has 0 aliphatic carbocycles. The maximum Gasteiger partial charge on any atom is 0.483 e. The number of nitrogens with one attached hydrogen (secondary N) is 1. The van der Waals surface area contributed by atoms with Crippen LogP contribution in [0, 0.1) is 13.8 Å². The topological polar surface area (TPSA) is 349 Å². The highest BCUT2D eigenvalue weighted by molar-refractivity contribution is 7.61. The number of pyridine rings is 1. The molecule has 10 atom stereocenters. The van der Waals surface area contributed by atoms with Crippen LogP contribution < -0.4 is 11.2 Å². The monoisotopic (exact) mass is 776 g/mol. The van der Waals surface area contributed by atoms with Crippen molar-refractivity contribution in [1.29, 1.82) is 0 Å². The van der Waals surface area contributed by atoms with Crippen LogP contribution in [0.1, 0.15) is 42.0 Å². The summed E-state index contributed by atoms with van der Waals surface area (Å²) in [5, 5.41) is 42.1. The lowest BCUT2D eigenvalue weighted by Crippen LogP contribution is -2.56. The van der Waals surface area contributed by atoms with Gasteiger partial charge in [0.25, 0.3) is 5.56 Å². The molecule has 0 aromatic carbocycles. The first kappa shape index (κ1) is 40.2. The Morgan fingerprint density at radius 3 is 2.40 bits per heavy atom. The van der Waals surface area contributed by atoms with E-state index in [1.54, 1.807) is 0 Å². The van der Waals surface area contributed by atoms with Gasteiger partial charge in [0.2, 0.25) is 0 Å². The molecule has 4 rings (SSSR count). The minimum absolute atomic E-state index is 0.0111. The molecular weight excluding hydrogens is 741 g/mol. The number of rotatable bonds is 13. The predicted molar refractivity (Wildman–Crippen MR) is 164 cm³/mol. The number of nitrogens with zero attached hydrogens (tertiary/aromatic N) is 3. The highest BCUT2D eigenvalue weighted by Gasteiger charge is 2.48. The summed E-state index contributed by atoms with van der Waals surface area (Å²) in [5.74, 6) is -0.441. The molecule has 26 heteroatoms. The summed E-state index contributed by atoms with van der Waals surface area (Å²) in [6, 6.07) is -1.34. The molecule has 0 saturated carbocycles. The Hall–Kier alpha value is -2.53. The molecule has 2 aliphatic heterocycles. The number of phosphoric acid groups is 3. The van der Waals surface area contributed by atoms with E-state index in [-0.39, 0.29) is 28.8 Å². The van der Waals surface area contributed by atoms with Gasteiger partial charge in [-0.25, -0.2) is 18.5 Å². The van der Waals surface area contributed by atoms with Gasteiger partial charge in [0.15, 0.2) is 6.29 Å². The first-order chi connectivity index (χ1) is 23.1. The zero-order valence-electron chi connectivity index (χ0n) is 26.2. The van der Waals surface area contributed by atoms with Gasteiger partial charge in [-0.2, -0.15) is 4.31 Å². The third-order valence-corrected chi connectivity index (χ3v) is 10.5. The fourth-order valence-electron chi connectivity index (χ4n) is 4.84. The number of aliphatic imine (C=N–C) groups is 1. The minimum Gasteiger partial charge on any atom is -0.505 e. The summed E-state index contributed by atoms with van der Waals surface area (Å²) in [6.45, 7) is 2.56. The summed E-state index contributed by atoms with van der Waals surface area (Å²) in [7, 11) is -16.0. The Labute approximate surface area is 281 Å². The first-order valence-electron chi connectivity index (χ1n) is 14.3. The zero-order valence-corrected chi connectivity index (χ0v) is 28.9. The average Bonchev–Trinajstić information content (AvgIpc) is 3.36. The van der Waals surface area contributed by atoms with Crippen LogP contribution in [-0.2, 0) is 47.7 Å². The lowest BCUT2D eigenvalue weighted by Gasteiger charge is -2.39. The molecule has 9 N–H and O–H groups in total. The molecule has 50 heavy (non-hydrogen) atoms. The maximum atomic E-state index is 12.6. The van der Waals surface area contributed by atoms with Crippen molar-refractivity contribution >= 4 is 29.7 Å². The van der Waals surface area contributed by atoms with Crippen LogP contribution in [0.15, 0.2) is 27.0 Å². The van der Waals surface area contributed by atoms with Crippen molar-refractivity contribution in [3.8, 4) is 5.75 Å². The maximum absolute atomic E-state index is 12.6. The van der Waals surface area contributed by atoms with Crippen molar-refractivity contribution in [3.05, 3.63) is 55.6 Å². The molecule has 2 saturated heterocycles. The van der Waals surface area contributed by atoms with Crippen molar-refractivity contribution in [2.24, 2.45) is 4.99 Å². The number of aromatic amines is 1. The largest absolute Gasteiger partial charge is 0.505 e. The van der Waals surface area contributed by atoms with Gasteiger partial charge in [-0.3, -0.25) is 37.9 Å². The number of aryl methyl sites for hydroxylation is 2. The highest BCUT2D eigenvalue weighted by Crippen LogP contribution is 2.61. The molecule has 23 nitrogen and oxygen atoms in total. The number of ether oxygens (including phenoxy) is 2. The number of aromatic hydroxyl groups is 1. The van der Waals surface area contributed by atoms with Crippen LogP contribution in [0.4, 0.5) is 0 Å². The average molecular weight is 776 g/mol. The van der Waals surface area contributed by atoms with Crippen LogP contribution >= 0.6 is 23.5 Å². The summed E-state index contributed by atoms with van der Waals surface area (Å²) in [4.78, 5) is 72.0. The number of phosphoric ester groups is 3. The first-order valence-corrected chi connectivity index (χ1v) is 18.9. The van der Waals surface area contributed by atoms with Gasteiger partial charge in [0.1, 0.15) is 36.3 Å². The van der Waals surface area contributed by atoms with E-state index in [1.165, 1.54) is 27.0 Å². The van der Waals surface area contributed by atoms with Crippen LogP contribution in [-0.4, -0.2) is 110 Å². The lowest BCUT2D eigenvalue weighted by molar-refractivity contribution is -0.241. The third-order valence-electron chi connectivity index (χ3n) is 7.44. The summed E-state index contributed by atoms with van der Waals surface area (Å²) >= 11 is 0. The normalized spacial score (nSPS) is 30.0. The number of aromatic nitrogens is 3. The van der Waals surface area contributed by atoms with E-state index in [0.717, 1.165) is 17.0 Å². The smallest absolute Gasteiger partial charge is 0.483 e. The highest BCUT2D eigenvalue weighted by atomic mass is 31.3. The van der Waals surface area contributed by atoms with Crippen LogP contribution in [0.5, 0.6) is 5.75 Å². The van der Waals surface area contributed by atoms with Crippen molar-refractivity contribution in [2.45, 2.75) is 82.9 Å². The van der Waals surface area contributed by atoms with E-state index in [1.807, 2.05) is 0 Å². The molecule has 0 bridgehead atoms. The van der Waals surface area contributed by atoms with Gasteiger partial charge < -0.3 is 49.5 Å². The molecule has 2 aliphatic rings. The second kappa shape index (κ2) is 15.6. The van der Waals surface area contributed by atoms with E-state index in [9.17, 15) is 53.5 Å². The van der Waals surface area contributed by atoms with E-state index < -0.39 is 103 Å². The molecule has 2 fully saturated rings. The van der Waals surface area contributed by atoms with E-state index in [4.69, 9.17) is 23.8 Å². The van der Waals surface area contributed by atoms with Gasteiger partial charge >= 0.3 is 29.2 Å². The number of H-pyrrole nitrogens is 1. The van der Waals surface area contributed by atoms with Crippen LogP contribution in [0.3, 0.4) is 0 Å². The number of aliphatic hydroxyl groups is 3. The van der Waals surface area contributed by atoms with Gasteiger partial charge in [-0.15, -0.1) is 0 Å². The SMILES string of the molecule is Cc1ncc(COP(=O)(O)O)c(C=N[C@H]2[C@H](O)[C@@H](O)[C@@H](OP(=O)(O)OP(=O)(O)OC[C@H]3O[C@@H](n4cc(C)c(=O)[nH]c4=O)C[C@@H]3O)O[C@@H]2C)c1O. The predicted octanol–water partition coefficient (Wildman–Crippen LogP) is -1.28. The van der Waals surface area contributed by atoms with E-state index in [2.05, 4.69) is 28.3 Å². The fourth-order valence-corrected chi connectivity index (χ4v) is 7.31. The molecule has 2 aromatic heterocycles. The van der Waals surface area contributed by atoms with E-state index in [0.29, 0.717) is 0 Å². The molecule has 0 radical (unpaired) electrons. The van der Waals surface area contributed by atoms with Crippen molar-refractivity contribution < 1.29 is 81.1 Å². The van der Waals surface area contributed by atoms with Gasteiger partial charge in [-0.05, 0) is 20.8 Å². The van der Waals surface area contributed by atoms with Crippen LogP contribution in [0.2, 0.25) is 0 Å². The van der Waals surface area contributed by atoms with Crippen molar-refractivity contribution in [1.82, 2.24) is 14.5 Å². The Kier molecular flexibility index (Phi) is 12.6. The number of aliphatic hydroxyl groups excluding tert-OH is 3. The summed E-state index contributed by atoms with van der Waals surface area (Å²) in [5.41, 5.74) is -1.33. The minimum atomic E-state index is -5.62. The van der Waals surface area contributed by atoms with Crippen molar-refractivity contribution in [2.75, 3.05) is 6.61 Å². The summed E-state index contributed by atoms with van der Waals surface area (Å²) in [6.07, 6.45) is -8.02. The molecule has 2 aromatic rings. The number of hydrogen-bond donors (Lipinski definition) is 9. The Balaban J connectivity index is 1.37. The third kappa shape index (κ3) is 10.1. The zero-order chi connectivity index (χ0) is 37.3. The van der Waals surface area contributed by atoms with Gasteiger partial charge in [0.05, 0.1) is 31.1 Å². The quantitative estimate of drug-likeness (QED) is 0.0844. The van der Waals surface area contributed by atoms with Gasteiger partial charge in [0, 0.05) is 41.7 Å². The Morgan fingerprint density at radius 1 is 1.06 bits per heavy atom.